The molecule has 0 radical (unpaired) electrons. The minimum Gasteiger partial charge on any atom is -0.485 e. The first-order valence-corrected chi connectivity index (χ1v) is 3.37. The summed E-state index contributed by atoms with van der Waals surface area (Å²) in [5, 5.41) is 0. The van der Waals surface area contributed by atoms with Crippen molar-refractivity contribution in [2.75, 3.05) is 6.61 Å². The second-order valence-electron chi connectivity index (χ2n) is 2.62. The fraction of sp³-hybridized carbons (Fsp3) is 0.250. The molecule has 1 atom stereocenters. The molecule has 4 heterocycles. The number of hydrogen-bond donors (Lipinski definition) is 0. The van der Waals surface area contributed by atoms with E-state index in [-0.39, 0.29) is 6.10 Å². The lowest BCUT2D eigenvalue weighted by Gasteiger charge is -2.32. The molecule has 1 aromatic carbocycles. The topological polar surface area (TPSA) is 18.5 Å². The van der Waals surface area contributed by atoms with Gasteiger partial charge in [-0.25, -0.2) is 0 Å². The lowest BCUT2D eigenvalue weighted by molar-refractivity contribution is 0.0773. The van der Waals surface area contributed by atoms with E-state index in [0.717, 1.165) is 11.5 Å². The van der Waals surface area contributed by atoms with E-state index in [0.29, 0.717) is 6.61 Å². The summed E-state index contributed by atoms with van der Waals surface area (Å²) in [6.45, 7) is 0.689. The Morgan fingerprint density at radius 2 is 2.30 bits per heavy atom. The van der Waals surface area contributed by atoms with Gasteiger partial charge in [-0.1, -0.05) is 6.07 Å². The van der Waals surface area contributed by atoms with Gasteiger partial charge in [0.1, 0.15) is 6.61 Å². The fourth-order valence-corrected chi connectivity index (χ4v) is 1.45. The van der Waals surface area contributed by atoms with E-state index < -0.39 is 0 Å². The summed E-state index contributed by atoms with van der Waals surface area (Å²) in [7, 11) is 0. The molecule has 0 saturated carbocycles. The van der Waals surface area contributed by atoms with Crippen molar-refractivity contribution in [2.45, 2.75) is 6.10 Å². The maximum atomic E-state index is 5.48. The van der Waals surface area contributed by atoms with Gasteiger partial charge in [-0.3, -0.25) is 0 Å². The van der Waals surface area contributed by atoms with Crippen molar-refractivity contribution in [2.24, 2.45) is 0 Å². The van der Waals surface area contributed by atoms with Crippen molar-refractivity contribution in [1.82, 2.24) is 0 Å². The molecule has 1 aromatic rings. The third-order valence-corrected chi connectivity index (χ3v) is 2.00. The Bertz CT molecular complexity index is 293. The van der Waals surface area contributed by atoms with Gasteiger partial charge in [0.2, 0.25) is 0 Å². The zero-order valence-electron chi connectivity index (χ0n) is 5.33. The Labute approximate surface area is 58.4 Å². The zero-order valence-corrected chi connectivity index (χ0v) is 5.33. The van der Waals surface area contributed by atoms with Crippen LogP contribution in [0.25, 0.3) is 0 Å². The van der Waals surface area contributed by atoms with Crippen molar-refractivity contribution in [3.63, 3.8) is 0 Å². The molecule has 4 bridgehead atoms. The van der Waals surface area contributed by atoms with Crippen LogP contribution in [0, 0.1) is 0 Å². The predicted molar refractivity (Wildman–Crippen MR) is 35.3 cm³/mol. The van der Waals surface area contributed by atoms with Gasteiger partial charge in [-0.15, -0.1) is 0 Å². The molecule has 0 N–H and O–H groups in total. The van der Waals surface area contributed by atoms with Crippen molar-refractivity contribution in [1.29, 1.82) is 0 Å². The zero-order chi connectivity index (χ0) is 6.55. The van der Waals surface area contributed by atoms with Gasteiger partial charge in [-0.05, 0) is 17.7 Å². The van der Waals surface area contributed by atoms with Crippen LogP contribution in [0.3, 0.4) is 0 Å². The molecule has 50 valence electrons. The first kappa shape index (κ1) is 4.61. The van der Waals surface area contributed by atoms with Crippen LogP contribution < -0.4 is 9.47 Å². The van der Waals surface area contributed by atoms with Crippen LogP contribution >= 0.6 is 0 Å². The Kier molecular flexibility index (Phi) is 0.592. The molecule has 5 rings (SSSR count). The Balaban J connectivity index is 2.41. The van der Waals surface area contributed by atoms with Crippen LogP contribution in [-0.2, 0) is 0 Å². The molecule has 0 amide bonds. The van der Waals surface area contributed by atoms with Crippen LogP contribution in [0.1, 0.15) is 11.7 Å². The third kappa shape index (κ3) is 0.375. The van der Waals surface area contributed by atoms with Crippen molar-refractivity contribution < 1.29 is 9.47 Å². The van der Waals surface area contributed by atoms with E-state index in [1.165, 1.54) is 5.56 Å². The molecular formula is C8H6O2. The number of benzene rings is 1. The normalized spacial score (nSPS) is 24.2. The highest BCUT2D eigenvalue weighted by Crippen LogP contribution is 2.43. The van der Waals surface area contributed by atoms with Crippen molar-refractivity contribution in [3.8, 4) is 11.5 Å². The molecule has 10 heavy (non-hydrogen) atoms. The van der Waals surface area contributed by atoms with E-state index in [2.05, 4.69) is 6.07 Å². The summed E-state index contributed by atoms with van der Waals surface area (Å²) < 4.78 is 10.8. The molecule has 1 unspecified atom stereocenters. The van der Waals surface area contributed by atoms with E-state index in [1.54, 1.807) is 0 Å². The van der Waals surface area contributed by atoms with Gasteiger partial charge in [0, 0.05) is 0 Å². The number of fused-ring (bicyclic) bond motifs is 2. The molecule has 2 heteroatoms. The largest absolute Gasteiger partial charge is 0.485 e. The summed E-state index contributed by atoms with van der Waals surface area (Å²) in [5.41, 5.74) is 1.25. The maximum Gasteiger partial charge on any atom is 0.162 e. The highest BCUT2D eigenvalue weighted by atomic mass is 16.6. The van der Waals surface area contributed by atoms with Crippen LogP contribution in [0.5, 0.6) is 11.5 Å². The number of hydrogen-bond acceptors (Lipinski definition) is 2. The van der Waals surface area contributed by atoms with E-state index in [1.807, 2.05) is 12.1 Å². The monoisotopic (exact) mass is 134 g/mol. The Morgan fingerprint density at radius 1 is 1.30 bits per heavy atom. The number of ether oxygens (including phenoxy) is 2. The summed E-state index contributed by atoms with van der Waals surface area (Å²) in [6.07, 6.45) is 0.178. The molecular weight excluding hydrogens is 128 g/mol. The lowest BCUT2D eigenvalue weighted by atomic mass is 10.0. The quantitative estimate of drug-likeness (QED) is 0.535. The summed E-state index contributed by atoms with van der Waals surface area (Å²) >= 11 is 0. The van der Waals surface area contributed by atoms with Gasteiger partial charge in [0.25, 0.3) is 0 Å². The van der Waals surface area contributed by atoms with Gasteiger partial charge in [0.05, 0.1) is 0 Å². The average molecular weight is 134 g/mol. The smallest absolute Gasteiger partial charge is 0.162 e. The molecule has 2 nitrogen and oxygen atoms in total. The molecule has 4 aliphatic rings. The Morgan fingerprint density at radius 3 is 2.80 bits per heavy atom. The first-order chi connectivity index (χ1) is 4.93. The number of rotatable bonds is 0. The van der Waals surface area contributed by atoms with Gasteiger partial charge in [-0.2, -0.15) is 0 Å². The minimum absolute atomic E-state index is 0.178. The second kappa shape index (κ2) is 1.29. The molecule has 0 fully saturated rings. The minimum atomic E-state index is 0.178. The maximum absolute atomic E-state index is 5.48. The van der Waals surface area contributed by atoms with Gasteiger partial charge in [0.15, 0.2) is 17.6 Å². The predicted octanol–water partition coefficient (Wildman–Crippen LogP) is 1.51. The standard InChI is InChI=1S/C8H6O2/c1-2-6-7-3-5(1)8(10-6)4-9-7/h1-3,8H,4H2. The molecule has 4 aliphatic heterocycles. The summed E-state index contributed by atoms with van der Waals surface area (Å²) in [4.78, 5) is 0. The van der Waals surface area contributed by atoms with Gasteiger partial charge >= 0.3 is 0 Å². The highest BCUT2D eigenvalue weighted by Gasteiger charge is 2.29. The van der Waals surface area contributed by atoms with Crippen LogP contribution in [0.2, 0.25) is 0 Å². The van der Waals surface area contributed by atoms with Crippen LogP contribution in [0.4, 0.5) is 0 Å². The first-order valence-electron chi connectivity index (χ1n) is 3.37. The van der Waals surface area contributed by atoms with Crippen molar-refractivity contribution in [3.05, 3.63) is 23.8 Å². The summed E-state index contributed by atoms with van der Waals surface area (Å²) in [5.74, 6) is 1.80. The molecule has 0 saturated heterocycles. The van der Waals surface area contributed by atoms with Gasteiger partial charge < -0.3 is 9.47 Å². The Hall–Kier alpha value is -1.18. The highest BCUT2D eigenvalue weighted by molar-refractivity contribution is 5.49. The molecule has 0 aromatic heterocycles. The third-order valence-electron chi connectivity index (χ3n) is 2.00. The van der Waals surface area contributed by atoms with E-state index in [9.17, 15) is 0 Å². The van der Waals surface area contributed by atoms with Crippen LogP contribution in [0.15, 0.2) is 18.2 Å². The molecule has 0 spiro atoms. The SMILES string of the molecule is c1cc2c3cc1C(CO3)O2. The molecule has 0 aliphatic carbocycles. The average Bonchev–Trinajstić information content (AvgIpc) is 2.05. The van der Waals surface area contributed by atoms with E-state index in [4.69, 9.17) is 9.47 Å². The lowest BCUT2D eigenvalue weighted by Crippen LogP contribution is -2.26. The van der Waals surface area contributed by atoms with E-state index >= 15 is 0 Å². The van der Waals surface area contributed by atoms with Crippen LogP contribution in [-0.4, -0.2) is 6.61 Å². The fourth-order valence-electron chi connectivity index (χ4n) is 1.45. The van der Waals surface area contributed by atoms with Crippen molar-refractivity contribution >= 4 is 0 Å². The summed E-state index contributed by atoms with van der Waals surface area (Å²) in [6, 6.07) is 6.10. The second-order valence-corrected chi connectivity index (χ2v) is 2.62.